The highest BCUT2D eigenvalue weighted by Gasteiger charge is 2.27. The van der Waals surface area contributed by atoms with Gasteiger partial charge in [-0.25, -0.2) is 0 Å². The molecule has 102 valence electrons. The van der Waals surface area contributed by atoms with E-state index in [4.69, 9.17) is 0 Å². The average molecular weight is 260 g/mol. The fourth-order valence-corrected chi connectivity index (χ4v) is 2.62. The van der Waals surface area contributed by atoms with Gasteiger partial charge in [0.05, 0.1) is 6.04 Å². The van der Waals surface area contributed by atoms with Crippen LogP contribution in [-0.2, 0) is 0 Å². The maximum absolute atomic E-state index is 12.6. The first-order valence-electron chi connectivity index (χ1n) is 6.72. The van der Waals surface area contributed by atoms with Gasteiger partial charge in [-0.15, -0.1) is 0 Å². The molecule has 2 heterocycles. The number of aryl methyl sites for hydroxylation is 2. The van der Waals surface area contributed by atoms with Gasteiger partial charge in [0.1, 0.15) is 5.56 Å². The molecule has 1 unspecified atom stereocenters. The minimum Gasteiger partial charge on any atom is -0.328 e. The zero-order chi connectivity index (χ0) is 14.0. The molecule has 1 amide bonds. The molecular weight excluding hydrogens is 240 g/mol. The fraction of sp³-hybridized carbons (Fsp3) is 0.467. The lowest BCUT2D eigenvalue weighted by Gasteiger charge is -2.24. The number of hydrogen-bond acceptors (Lipinski definition) is 2. The van der Waals surface area contributed by atoms with Crippen molar-refractivity contribution in [2.75, 3.05) is 6.54 Å². The van der Waals surface area contributed by atoms with E-state index >= 15 is 0 Å². The van der Waals surface area contributed by atoms with E-state index in [0.717, 1.165) is 24.1 Å². The van der Waals surface area contributed by atoms with E-state index in [2.05, 4.69) is 18.0 Å². The van der Waals surface area contributed by atoms with E-state index in [-0.39, 0.29) is 23.1 Å². The molecule has 0 saturated heterocycles. The number of aromatic amines is 1. The number of hydrogen-bond donors (Lipinski definition) is 1. The zero-order valence-corrected chi connectivity index (χ0v) is 11.7. The summed E-state index contributed by atoms with van der Waals surface area (Å²) < 4.78 is 0. The second kappa shape index (κ2) is 5.43. The van der Waals surface area contributed by atoms with Crippen molar-refractivity contribution in [1.29, 1.82) is 0 Å². The first kappa shape index (κ1) is 13.6. The lowest BCUT2D eigenvalue weighted by molar-refractivity contribution is 0.0742. The van der Waals surface area contributed by atoms with Crippen molar-refractivity contribution in [1.82, 2.24) is 9.88 Å². The van der Waals surface area contributed by atoms with Crippen LogP contribution in [0, 0.1) is 13.8 Å². The van der Waals surface area contributed by atoms with E-state index < -0.39 is 0 Å². The van der Waals surface area contributed by atoms with Crippen molar-refractivity contribution in [2.24, 2.45) is 0 Å². The van der Waals surface area contributed by atoms with Crippen molar-refractivity contribution >= 4 is 5.91 Å². The summed E-state index contributed by atoms with van der Waals surface area (Å²) in [4.78, 5) is 29.0. The Bertz CT molecular complexity index is 572. The highest BCUT2D eigenvalue weighted by atomic mass is 16.2. The van der Waals surface area contributed by atoms with Crippen LogP contribution in [-0.4, -0.2) is 28.4 Å². The molecule has 1 N–H and O–H groups in total. The van der Waals surface area contributed by atoms with Crippen LogP contribution in [0.1, 0.15) is 41.4 Å². The molecule has 1 aliphatic heterocycles. The van der Waals surface area contributed by atoms with Gasteiger partial charge in [0, 0.05) is 12.2 Å². The maximum Gasteiger partial charge on any atom is 0.261 e. The number of pyridine rings is 1. The second-order valence-corrected chi connectivity index (χ2v) is 5.08. The van der Waals surface area contributed by atoms with Crippen molar-refractivity contribution in [3.05, 3.63) is 45.4 Å². The smallest absolute Gasteiger partial charge is 0.261 e. The second-order valence-electron chi connectivity index (χ2n) is 5.08. The van der Waals surface area contributed by atoms with Gasteiger partial charge < -0.3 is 9.88 Å². The topological polar surface area (TPSA) is 53.2 Å². The molecule has 0 spiro atoms. The quantitative estimate of drug-likeness (QED) is 0.847. The molecule has 0 saturated carbocycles. The van der Waals surface area contributed by atoms with Gasteiger partial charge >= 0.3 is 0 Å². The van der Waals surface area contributed by atoms with E-state index in [9.17, 15) is 9.59 Å². The zero-order valence-electron chi connectivity index (χ0n) is 11.7. The summed E-state index contributed by atoms with van der Waals surface area (Å²) >= 11 is 0. The number of carbonyl (C=O) groups excluding carboxylic acids is 1. The molecule has 1 aromatic heterocycles. The molecule has 0 aromatic carbocycles. The molecular formula is C15H20N2O2. The summed E-state index contributed by atoms with van der Waals surface area (Å²) in [6, 6.07) is 1.96. The van der Waals surface area contributed by atoms with Crippen molar-refractivity contribution in [3.8, 4) is 0 Å². The van der Waals surface area contributed by atoms with Crippen molar-refractivity contribution in [2.45, 2.75) is 39.7 Å². The summed E-state index contributed by atoms with van der Waals surface area (Å²) in [7, 11) is 0. The lowest BCUT2D eigenvalue weighted by Crippen LogP contribution is -2.39. The Morgan fingerprint density at radius 2 is 2.21 bits per heavy atom. The summed E-state index contributed by atoms with van der Waals surface area (Å²) in [6.45, 7) is 6.32. The van der Waals surface area contributed by atoms with Crippen molar-refractivity contribution < 1.29 is 4.79 Å². The van der Waals surface area contributed by atoms with Crippen molar-refractivity contribution in [3.63, 3.8) is 0 Å². The van der Waals surface area contributed by atoms with E-state index in [1.807, 2.05) is 26.0 Å². The monoisotopic (exact) mass is 260 g/mol. The number of nitrogens with zero attached hydrogens (tertiary/aromatic N) is 1. The van der Waals surface area contributed by atoms with Crippen LogP contribution in [0.4, 0.5) is 0 Å². The molecule has 0 fully saturated rings. The number of rotatable bonds is 3. The Balaban J connectivity index is 2.33. The molecule has 4 heteroatoms. The fourth-order valence-electron chi connectivity index (χ4n) is 2.62. The van der Waals surface area contributed by atoms with Gasteiger partial charge in [-0.2, -0.15) is 0 Å². The third-order valence-electron chi connectivity index (χ3n) is 3.48. The molecule has 1 aromatic rings. The minimum absolute atomic E-state index is 0.123. The van der Waals surface area contributed by atoms with Crippen LogP contribution in [0.2, 0.25) is 0 Å². The largest absolute Gasteiger partial charge is 0.328 e. The van der Waals surface area contributed by atoms with E-state index in [1.54, 1.807) is 4.90 Å². The number of carbonyl (C=O) groups is 1. The number of amides is 1. The third-order valence-corrected chi connectivity index (χ3v) is 3.48. The summed E-state index contributed by atoms with van der Waals surface area (Å²) in [5.74, 6) is -0.165. The molecule has 2 rings (SSSR count). The minimum atomic E-state index is -0.287. The highest BCUT2D eigenvalue weighted by Crippen LogP contribution is 2.18. The Kier molecular flexibility index (Phi) is 3.88. The van der Waals surface area contributed by atoms with Crippen LogP contribution in [0.3, 0.4) is 0 Å². The first-order valence-corrected chi connectivity index (χ1v) is 6.72. The molecule has 0 aliphatic carbocycles. The molecule has 4 nitrogen and oxygen atoms in total. The van der Waals surface area contributed by atoms with Gasteiger partial charge in [-0.1, -0.05) is 25.5 Å². The summed E-state index contributed by atoms with van der Waals surface area (Å²) in [6.07, 6.45) is 6.00. The maximum atomic E-state index is 12.6. The molecule has 1 aliphatic rings. The van der Waals surface area contributed by atoms with Gasteiger partial charge in [0.25, 0.3) is 11.5 Å². The lowest BCUT2D eigenvalue weighted by atomic mass is 10.1. The molecule has 19 heavy (non-hydrogen) atoms. The Hall–Kier alpha value is -1.84. The third kappa shape index (κ3) is 2.62. The predicted octanol–water partition coefficient (Wildman–Crippen LogP) is 2.17. The standard InChI is InChI=1S/C15H20N2O2/c1-4-6-12-7-5-8-17(12)15(19)13-10(2)9-11(3)16-14(13)18/h5,7,9,12H,4,6,8H2,1-3H3,(H,16,18). The Morgan fingerprint density at radius 1 is 1.47 bits per heavy atom. The van der Waals surface area contributed by atoms with Gasteiger partial charge in [-0.05, 0) is 31.9 Å². The number of aromatic nitrogens is 1. The molecule has 0 bridgehead atoms. The molecule has 0 radical (unpaired) electrons. The SMILES string of the molecule is CCCC1C=CCN1C(=O)c1c(C)cc(C)[nH]c1=O. The van der Waals surface area contributed by atoms with Crippen LogP contribution < -0.4 is 5.56 Å². The normalized spacial score (nSPS) is 18.1. The Morgan fingerprint density at radius 3 is 2.84 bits per heavy atom. The van der Waals surface area contributed by atoms with Gasteiger partial charge in [0.2, 0.25) is 0 Å². The van der Waals surface area contributed by atoms with E-state index in [0.29, 0.717) is 6.54 Å². The highest BCUT2D eigenvalue weighted by molar-refractivity contribution is 5.96. The van der Waals surface area contributed by atoms with Gasteiger partial charge in [0.15, 0.2) is 0 Å². The Labute approximate surface area is 113 Å². The van der Waals surface area contributed by atoms with Crippen LogP contribution in [0.5, 0.6) is 0 Å². The van der Waals surface area contributed by atoms with Crippen LogP contribution in [0.15, 0.2) is 23.0 Å². The van der Waals surface area contributed by atoms with Crippen LogP contribution >= 0.6 is 0 Å². The number of nitrogens with one attached hydrogen (secondary N) is 1. The van der Waals surface area contributed by atoms with E-state index in [1.165, 1.54) is 0 Å². The first-order chi connectivity index (χ1) is 9.04. The van der Waals surface area contributed by atoms with Gasteiger partial charge in [-0.3, -0.25) is 9.59 Å². The number of H-pyrrole nitrogens is 1. The predicted molar refractivity (Wildman–Crippen MR) is 75.4 cm³/mol. The summed E-state index contributed by atoms with van der Waals surface area (Å²) in [5.41, 5.74) is 1.51. The molecule has 1 atom stereocenters. The van der Waals surface area contributed by atoms with Crippen LogP contribution in [0.25, 0.3) is 0 Å². The average Bonchev–Trinajstić information content (AvgIpc) is 2.76. The summed E-state index contributed by atoms with van der Waals surface area (Å²) in [5, 5.41) is 0.